The summed E-state index contributed by atoms with van der Waals surface area (Å²) in [7, 11) is 1.63. The van der Waals surface area contributed by atoms with Crippen molar-refractivity contribution in [2.24, 2.45) is 0 Å². The number of anilines is 2. The van der Waals surface area contributed by atoms with E-state index in [1.807, 2.05) is 48.5 Å². The number of benzene rings is 3. The monoisotopic (exact) mass is 440 g/mol. The van der Waals surface area contributed by atoms with Crippen LogP contribution >= 0.6 is 23.4 Å². The number of carbonyl (C=O) groups is 2. The van der Waals surface area contributed by atoms with Gasteiger partial charge in [-0.05, 0) is 60.2 Å². The lowest BCUT2D eigenvalue weighted by Crippen LogP contribution is -2.14. The quantitative estimate of drug-likeness (QED) is 0.499. The van der Waals surface area contributed by atoms with Crippen LogP contribution in [0.1, 0.15) is 12.5 Å². The van der Waals surface area contributed by atoms with Crippen LogP contribution in [0.3, 0.4) is 0 Å². The van der Waals surface area contributed by atoms with Crippen LogP contribution in [-0.4, -0.2) is 18.9 Å². The molecule has 0 aliphatic heterocycles. The molecule has 0 saturated heterocycles. The third-order valence-electron chi connectivity index (χ3n) is 4.14. The van der Waals surface area contributed by atoms with Crippen LogP contribution in [0.4, 0.5) is 11.4 Å². The Hall–Kier alpha value is -2.96. The van der Waals surface area contributed by atoms with Crippen LogP contribution in [0, 0.1) is 0 Å². The lowest BCUT2D eigenvalue weighted by Gasteiger charge is -2.10. The molecule has 0 bridgehead atoms. The molecule has 0 heterocycles. The molecule has 0 aliphatic carbocycles. The van der Waals surface area contributed by atoms with Gasteiger partial charge in [0.25, 0.3) is 0 Å². The number of amides is 2. The van der Waals surface area contributed by atoms with E-state index in [0.29, 0.717) is 16.4 Å². The van der Waals surface area contributed by atoms with E-state index in [0.717, 1.165) is 21.1 Å². The molecule has 5 nitrogen and oxygen atoms in total. The fraction of sp³-hybridized carbons (Fsp3) is 0.130. The molecular formula is C23H21ClN2O3S. The second-order valence-corrected chi connectivity index (χ2v) is 8.05. The van der Waals surface area contributed by atoms with Crippen molar-refractivity contribution in [2.45, 2.75) is 23.1 Å². The highest BCUT2D eigenvalue weighted by Gasteiger charge is 2.08. The van der Waals surface area contributed by atoms with E-state index in [4.69, 9.17) is 16.3 Å². The van der Waals surface area contributed by atoms with Crippen LogP contribution in [0.2, 0.25) is 5.02 Å². The molecule has 3 aromatic rings. The van der Waals surface area contributed by atoms with Crippen LogP contribution in [-0.2, 0) is 16.0 Å². The first-order valence-electron chi connectivity index (χ1n) is 9.21. The van der Waals surface area contributed by atoms with Gasteiger partial charge in [-0.3, -0.25) is 9.59 Å². The molecular weight excluding hydrogens is 420 g/mol. The molecule has 0 spiro atoms. The molecule has 3 aromatic carbocycles. The number of hydrogen-bond donors (Lipinski definition) is 2. The summed E-state index contributed by atoms with van der Waals surface area (Å²) >= 11 is 7.95. The van der Waals surface area contributed by atoms with E-state index in [9.17, 15) is 9.59 Å². The number of nitrogens with one attached hydrogen (secondary N) is 2. The first kappa shape index (κ1) is 21.7. The van der Waals surface area contributed by atoms with Gasteiger partial charge in [0.05, 0.1) is 18.6 Å². The van der Waals surface area contributed by atoms with Gasteiger partial charge in [0.15, 0.2) is 0 Å². The lowest BCUT2D eigenvalue weighted by atomic mass is 10.1. The van der Waals surface area contributed by atoms with Gasteiger partial charge in [-0.2, -0.15) is 0 Å². The van der Waals surface area contributed by atoms with Crippen LogP contribution < -0.4 is 15.4 Å². The van der Waals surface area contributed by atoms with Gasteiger partial charge < -0.3 is 15.4 Å². The maximum atomic E-state index is 12.4. The minimum atomic E-state index is -0.145. The van der Waals surface area contributed by atoms with Gasteiger partial charge in [0.1, 0.15) is 5.75 Å². The largest absolute Gasteiger partial charge is 0.497 e. The van der Waals surface area contributed by atoms with Crippen molar-refractivity contribution in [1.82, 2.24) is 0 Å². The highest BCUT2D eigenvalue weighted by atomic mass is 35.5. The van der Waals surface area contributed by atoms with E-state index in [-0.39, 0.29) is 18.2 Å². The summed E-state index contributed by atoms with van der Waals surface area (Å²) in [5.41, 5.74) is 2.18. The molecule has 30 heavy (non-hydrogen) atoms. The predicted molar refractivity (Wildman–Crippen MR) is 122 cm³/mol. The Morgan fingerprint density at radius 3 is 2.20 bits per heavy atom. The van der Waals surface area contributed by atoms with Crippen molar-refractivity contribution >= 4 is 46.6 Å². The summed E-state index contributed by atoms with van der Waals surface area (Å²) < 4.78 is 5.17. The summed E-state index contributed by atoms with van der Waals surface area (Å²) in [5, 5.41) is 6.13. The van der Waals surface area contributed by atoms with Crippen LogP contribution in [0.15, 0.2) is 76.5 Å². The van der Waals surface area contributed by atoms with Crippen molar-refractivity contribution in [1.29, 1.82) is 0 Å². The molecule has 2 amide bonds. The third-order valence-corrected chi connectivity index (χ3v) is 5.65. The SMILES string of the molecule is COc1ccc(Sc2ccc(NC(=O)Cc3ccc(NC(C)=O)cc3)cc2Cl)cc1. The average molecular weight is 441 g/mol. The summed E-state index contributed by atoms with van der Waals surface area (Å²) in [6, 6.07) is 20.3. The maximum Gasteiger partial charge on any atom is 0.228 e. The van der Waals surface area contributed by atoms with Gasteiger partial charge in [-0.1, -0.05) is 35.5 Å². The van der Waals surface area contributed by atoms with Gasteiger partial charge in [0.2, 0.25) is 11.8 Å². The Bertz CT molecular complexity index is 1040. The van der Waals surface area contributed by atoms with Crippen molar-refractivity contribution in [3.05, 3.63) is 77.3 Å². The fourth-order valence-electron chi connectivity index (χ4n) is 2.73. The summed E-state index contributed by atoms with van der Waals surface area (Å²) in [4.78, 5) is 25.4. The number of methoxy groups -OCH3 is 1. The first-order chi connectivity index (χ1) is 14.4. The van der Waals surface area contributed by atoms with E-state index < -0.39 is 0 Å². The van der Waals surface area contributed by atoms with Crippen molar-refractivity contribution in [3.8, 4) is 5.75 Å². The molecule has 0 fully saturated rings. The first-order valence-corrected chi connectivity index (χ1v) is 10.4. The molecule has 154 valence electrons. The van der Waals surface area contributed by atoms with Gasteiger partial charge >= 0.3 is 0 Å². The van der Waals surface area contributed by atoms with Gasteiger partial charge in [0, 0.05) is 28.1 Å². The Kier molecular flexibility index (Phi) is 7.38. The molecule has 0 unspecified atom stereocenters. The van der Waals surface area contributed by atoms with E-state index in [1.54, 1.807) is 25.3 Å². The summed E-state index contributed by atoms with van der Waals surface area (Å²) in [6.07, 6.45) is 0.223. The van der Waals surface area contributed by atoms with Crippen LogP contribution in [0.5, 0.6) is 5.75 Å². The topological polar surface area (TPSA) is 67.4 Å². The molecule has 0 radical (unpaired) electrons. The number of halogens is 1. The summed E-state index contributed by atoms with van der Waals surface area (Å²) in [5.74, 6) is 0.521. The highest BCUT2D eigenvalue weighted by Crippen LogP contribution is 2.35. The zero-order valence-electron chi connectivity index (χ0n) is 16.6. The van der Waals surface area contributed by atoms with Crippen molar-refractivity contribution in [2.75, 3.05) is 17.7 Å². The highest BCUT2D eigenvalue weighted by molar-refractivity contribution is 7.99. The average Bonchev–Trinajstić information content (AvgIpc) is 2.71. The van der Waals surface area contributed by atoms with Crippen LogP contribution in [0.25, 0.3) is 0 Å². The van der Waals surface area contributed by atoms with Gasteiger partial charge in [-0.15, -0.1) is 0 Å². The second kappa shape index (κ2) is 10.2. The smallest absolute Gasteiger partial charge is 0.228 e. The summed E-state index contributed by atoms with van der Waals surface area (Å²) in [6.45, 7) is 1.45. The minimum absolute atomic E-state index is 0.133. The second-order valence-electron chi connectivity index (χ2n) is 6.53. The number of carbonyl (C=O) groups excluding carboxylic acids is 2. The fourth-order valence-corrected chi connectivity index (χ4v) is 3.85. The zero-order valence-corrected chi connectivity index (χ0v) is 18.1. The predicted octanol–water partition coefficient (Wildman–Crippen LogP) is 5.64. The standard InChI is InChI=1S/C23H21ClN2O3S/c1-15(27)25-17-5-3-16(4-6-17)13-23(28)26-18-7-12-22(21(24)14-18)30-20-10-8-19(29-2)9-11-20/h3-12,14H,13H2,1-2H3,(H,25,27)(H,26,28). The van der Waals surface area contributed by atoms with Crippen molar-refractivity contribution < 1.29 is 14.3 Å². The molecule has 0 aliphatic rings. The molecule has 7 heteroatoms. The Morgan fingerprint density at radius 1 is 0.933 bits per heavy atom. The number of ether oxygens (including phenoxy) is 1. The zero-order chi connectivity index (χ0) is 21.5. The normalized spacial score (nSPS) is 10.4. The van der Waals surface area contributed by atoms with Crippen molar-refractivity contribution in [3.63, 3.8) is 0 Å². The van der Waals surface area contributed by atoms with E-state index in [2.05, 4.69) is 10.6 Å². The number of hydrogen-bond acceptors (Lipinski definition) is 4. The van der Waals surface area contributed by atoms with E-state index in [1.165, 1.54) is 18.7 Å². The Morgan fingerprint density at radius 2 is 1.60 bits per heavy atom. The molecule has 0 saturated carbocycles. The molecule has 0 atom stereocenters. The Balaban J connectivity index is 1.59. The number of rotatable bonds is 7. The Labute approximate surface area is 184 Å². The maximum absolute atomic E-state index is 12.4. The lowest BCUT2D eigenvalue weighted by molar-refractivity contribution is -0.116. The molecule has 0 aromatic heterocycles. The van der Waals surface area contributed by atoms with E-state index >= 15 is 0 Å². The minimum Gasteiger partial charge on any atom is -0.497 e. The van der Waals surface area contributed by atoms with Gasteiger partial charge in [-0.25, -0.2) is 0 Å². The third kappa shape index (κ3) is 6.27. The molecule has 3 rings (SSSR count). The molecule has 2 N–H and O–H groups in total.